The van der Waals surface area contributed by atoms with Crippen molar-refractivity contribution >= 4 is 25.7 Å². The van der Waals surface area contributed by atoms with E-state index in [0.717, 1.165) is 77.0 Å². The molecule has 56 heavy (non-hydrogen) atoms. The molecule has 0 fully saturated rings. The number of ether oxygens (including phenoxy) is 2. The summed E-state index contributed by atoms with van der Waals surface area (Å²) in [5.41, 5.74) is 5.32. The lowest BCUT2D eigenvalue weighted by Crippen LogP contribution is -2.34. The zero-order chi connectivity index (χ0) is 41.4. The Labute approximate surface area is 338 Å². The fourth-order valence-electron chi connectivity index (χ4n) is 5.14. The first-order valence-corrected chi connectivity index (χ1v) is 22.5. The number of carbonyl (C=O) groups excluding carboxylic acids is 2. The maximum Gasteiger partial charge on any atom is 0.472 e. The van der Waals surface area contributed by atoms with E-state index in [1.165, 1.54) is 38.5 Å². The van der Waals surface area contributed by atoms with Crippen LogP contribution in [-0.4, -0.2) is 59.9 Å². The molecule has 4 N–H and O–H groups in total. The van der Waals surface area contributed by atoms with Crippen LogP contribution in [0.3, 0.4) is 0 Å². The molecule has 11 nitrogen and oxygen atoms in total. The number of carboxylic acids is 1. The maximum atomic E-state index is 12.6. The van der Waals surface area contributed by atoms with Crippen LogP contribution in [0.1, 0.15) is 155 Å². The highest BCUT2D eigenvalue weighted by atomic mass is 31.2. The minimum Gasteiger partial charge on any atom is -0.480 e. The van der Waals surface area contributed by atoms with Crippen molar-refractivity contribution in [1.29, 1.82) is 0 Å². The quantitative estimate of drug-likeness (QED) is 0.0235. The Morgan fingerprint density at radius 1 is 0.571 bits per heavy atom. The lowest BCUT2D eigenvalue weighted by Gasteiger charge is -2.20. The molecule has 0 bridgehead atoms. The van der Waals surface area contributed by atoms with E-state index < -0.39 is 51.1 Å². The lowest BCUT2D eigenvalue weighted by molar-refractivity contribution is -0.161. The van der Waals surface area contributed by atoms with Crippen molar-refractivity contribution in [2.24, 2.45) is 5.73 Å². The predicted octanol–water partition coefficient (Wildman–Crippen LogP) is 10.9. The van der Waals surface area contributed by atoms with Crippen molar-refractivity contribution in [2.75, 3.05) is 19.8 Å². The van der Waals surface area contributed by atoms with Crippen LogP contribution in [0.4, 0.5) is 0 Å². The van der Waals surface area contributed by atoms with Gasteiger partial charge in [-0.15, -0.1) is 0 Å². The number of esters is 2. The molecule has 1 unspecified atom stereocenters. The molecule has 0 aromatic carbocycles. The van der Waals surface area contributed by atoms with Crippen LogP contribution in [0.25, 0.3) is 0 Å². The minimum absolute atomic E-state index is 0.103. The third-order valence-electron chi connectivity index (χ3n) is 8.44. The van der Waals surface area contributed by atoms with Gasteiger partial charge in [-0.1, -0.05) is 132 Å². The van der Waals surface area contributed by atoms with Crippen molar-refractivity contribution in [2.45, 2.75) is 167 Å². The molecule has 0 radical (unpaired) electrons. The second-order valence-electron chi connectivity index (χ2n) is 13.7. The zero-order valence-electron chi connectivity index (χ0n) is 34.4. The number of rotatable bonds is 38. The molecule has 0 aliphatic rings. The van der Waals surface area contributed by atoms with Crippen LogP contribution < -0.4 is 5.73 Å². The highest BCUT2D eigenvalue weighted by Gasteiger charge is 2.28. The average molecular weight is 808 g/mol. The van der Waals surface area contributed by atoms with Crippen molar-refractivity contribution in [3.63, 3.8) is 0 Å². The number of allylic oxidation sites excluding steroid dienone is 12. The second-order valence-corrected chi connectivity index (χ2v) is 15.2. The zero-order valence-corrected chi connectivity index (χ0v) is 35.3. The van der Waals surface area contributed by atoms with Gasteiger partial charge in [0, 0.05) is 12.8 Å². The molecular formula is C44H74NO10P. The van der Waals surface area contributed by atoms with Gasteiger partial charge in [-0.05, 0) is 83.5 Å². The maximum absolute atomic E-state index is 12.6. The fraction of sp³-hybridized carbons (Fsp3) is 0.659. The molecule has 320 valence electrons. The molecule has 0 saturated carbocycles. The summed E-state index contributed by atoms with van der Waals surface area (Å²) in [5.74, 6) is -2.45. The Bertz CT molecular complexity index is 1230. The largest absolute Gasteiger partial charge is 0.480 e. The van der Waals surface area contributed by atoms with E-state index in [1.54, 1.807) is 0 Å². The summed E-state index contributed by atoms with van der Waals surface area (Å²) >= 11 is 0. The summed E-state index contributed by atoms with van der Waals surface area (Å²) in [7, 11) is -4.73. The molecule has 0 aromatic heterocycles. The molecule has 3 atom stereocenters. The molecule has 12 heteroatoms. The van der Waals surface area contributed by atoms with Crippen LogP contribution >= 0.6 is 7.82 Å². The first-order valence-electron chi connectivity index (χ1n) is 21.0. The first kappa shape index (κ1) is 52.9. The predicted molar refractivity (Wildman–Crippen MR) is 226 cm³/mol. The smallest absolute Gasteiger partial charge is 0.472 e. The summed E-state index contributed by atoms with van der Waals surface area (Å²) in [5, 5.41) is 8.88. The highest BCUT2D eigenvalue weighted by molar-refractivity contribution is 7.47. The van der Waals surface area contributed by atoms with E-state index >= 15 is 0 Å². The number of nitrogens with two attached hydrogens (primary N) is 1. The van der Waals surface area contributed by atoms with Crippen molar-refractivity contribution in [1.82, 2.24) is 0 Å². The normalized spacial score (nSPS) is 14.5. The van der Waals surface area contributed by atoms with E-state index in [-0.39, 0.29) is 19.4 Å². The van der Waals surface area contributed by atoms with Crippen molar-refractivity contribution < 1.29 is 47.5 Å². The fourth-order valence-corrected chi connectivity index (χ4v) is 5.92. The average Bonchev–Trinajstić information content (AvgIpc) is 3.17. The van der Waals surface area contributed by atoms with Gasteiger partial charge in [0.1, 0.15) is 12.6 Å². The first-order chi connectivity index (χ1) is 27.1. The van der Waals surface area contributed by atoms with E-state index in [9.17, 15) is 23.8 Å². The van der Waals surface area contributed by atoms with E-state index in [2.05, 4.69) is 91.3 Å². The van der Waals surface area contributed by atoms with E-state index in [0.29, 0.717) is 12.8 Å². The molecule has 0 aliphatic carbocycles. The number of phosphoric acid groups is 1. The number of hydrogen-bond acceptors (Lipinski definition) is 9. The van der Waals surface area contributed by atoms with Crippen LogP contribution in [0.5, 0.6) is 0 Å². The standard InChI is InChI=1S/C44H74NO10P/c1-3-5-7-9-11-13-15-17-19-20-22-23-25-27-29-31-33-35-42(46)52-37-40(38-53-56(50,51)54-39-41(45)44(48)49)55-43(47)36-34-32-30-28-26-24-21-18-16-14-12-10-8-6-4-2/h6,8,11-14,17-19,21,26,28,40-41H,3-5,7,9-10,15-16,20,22-25,27,29-39,45H2,1-2H3,(H,48,49)(H,50,51)/b8-6+,13-11+,14-12+,19-17+,21-18+,28-26+/t40-,41+/m1/s1. The van der Waals surface area contributed by atoms with Gasteiger partial charge in [-0.3, -0.25) is 23.4 Å². The molecule has 0 aromatic rings. The minimum atomic E-state index is -4.73. The molecule has 0 amide bonds. The summed E-state index contributed by atoms with van der Waals surface area (Å²) in [6.07, 6.45) is 45.4. The Morgan fingerprint density at radius 2 is 1.00 bits per heavy atom. The Balaban J connectivity index is 4.47. The molecule has 0 saturated heterocycles. The van der Waals surface area contributed by atoms with Crippen molar-refractivity contribution in [3.05, 3.63) is 72.9 Å². The summed E-state index contributed by atoms with van der Waals surface area (Å²) < 4.78 is 32.6. The van der Waals surface area contributed by atoms with Crippen LogP contribution in [0.2, 0.25) is 0 Å². The van der Waals surface area contributed by atoms with Gasteiger partial charge in [-0.2, -0.15) is 0 Å². The number of carboxylic acid groups (broad SMARTS) is 1. The van der Waals surface area contributed by atoms with Crippen LogP contribution in [-0.2, 0) is 37.5 Å². The number of unbranched alkanes of at least 4 members (excludes halogenated alkanes) is 12. The van der Waals surface area contributed by atoms with Gasteiger partial charge < -0.3 is 25.2 Å². The summed E-state index contributed by atoms with van der Waals surface area (Å²) in [6.45, 7) is 2.59. The Morgan fingerprint density at radius 3 is 1.54 bits per heavy atom. The monoisotopic (exact) mass is 808 g/mol. The highest BCUT2D eigenvalue weighted by Crippen LogP contribution is 2.43. The third kappa shape index (κ3) is 37.8. The van der Waals surface area contributed by atoms with Gasteiger partial charge in [0.05, 0.1) is 13.2 Å². The van der Waals surface area contributed by atoms with Gasteiger partial charge in [0.2, 0.25) is 0 Å². The van der Waals surface area contributed by atoms with Crippen LogP contribution in [0.15, 0.2) is 72.9 Å². The lowest BCUT2D eigenvalue weighted by atomic mass is 10.1. The second kappa shape index (κ2) is 38.8. The van der Waals surface area contributed by atoms with Gasteiger partial charge >= 0.3 is 25.7 Å². The molecule has 0 spiro atoms. The summed E-state index contributed by atoms with van der Waals surface area (Å²) in [4.78, 5) is 45.9. The van der Waals surface area contributed by atoms with Crippen molar-refractivity contribution in [3.8, 4) is 0 Å². The van der Waals surface area contributed by atoms with E-state index in [4.69, 9.17) is 24.8 Å². The SMILES string of the molecule is CC/C=C/C/C=C/C/C=C/C/C=C/CCCCC(=O)O[C@H](COC(=O)CCCCCCCCC/C=C/C/C=C/CCCCC)COP(=O)(O)OC[C@H](N)C(=O)O. The number of hydrogen-bond donors (Lipinski definition) is 3. The molecule has 0 heterocycles. The van der Waals surface area contributed by atoms with Gasteiger partial charge in [-0.25, -0.2) is 4.57 Å². The van der Waals surface area contributed by atoms with Gasteiger partial charge in [0.25, 0.3) is 0 Å². The third-order valence-corrected chi connectivity index (χ3v) is 9.39. The molecular weight excluding hydrogens is 733 g/mol. The number of aliphatic carboxylic acids is 1. The summed E-state index contributed by atoms with van der Waals surface area (Å²) in [6, 6.07) is -1.53. The topological polar surface area (TPSA) is 172 Å². The molecule has 0 aliphatic heterocycles. The van der Waals surface area contributed by atoms with Crippen LogP contribution in [0, 0.1) is 0 Å². The number of phosphoric ester groups is 1. The molecule has 0 rings (SSSR count). The van der Waals surface area contributed by atoms with E-state index in [1.807, 2.05) is 0 Å². The van der Waals surface area contributed by atoms with Gasteiger partial charge in [0.15, 0.2) is 6.10 Å². The Kier molecular flexibility index (Phi) is 36.6. The number of carbonyl (C=O) groups is 3. The Hall–Kier alpha value is -3.08.